The molecule has 2 aromatic rings. The summed E-state index contributed by atoms with van der Waals surface area (Å²) in [6, 6.07) is 8.17. The molecule has 0 bridgehead atoms. The zero-order valence-corrected chi connectivity index (χ0v) is 15.2. The quantitative estimate of drug-likeness (QED) is 0.369. The van der Waals surface area contributed by atoms with Crippen molar-refractivity contribution in [2.75, 3.05) is 26.8 Å². The lowest BCUT2D eigenvalue weighted by Gasteiger charge is -2.13. The molecule has 0 aliphatic heterocycles. The Kier molecular flexibility index (Phi) is 7.91. The van der Waals surface area contributed by atoms with Gasteiger partial charge < -0.3 is 15.4 Å². The summed E-state index contributed by atoms with van der Waals surface area (Å²) in [6.07, 6.45) is 2.46. The Balaban J connectivity index is 1.73. The van der Waals surface area contributed by atoms with Gasteiger partial charge in [0.2, 0.25) is 0 Å². The van der Waals surface area contributed by atoms with E-state index >= 15 is 0 Å². The number of aromatic amines is 1. The van der Waals surface area contributed by atoms with Crippen LogP contribution in [0.1, 0.15) is 25.8 Å². The molecule has 0 atom stereocenters. The van der Waals surface area contributed by atoms with Gasteiger partial charge in [0.05, 0.1) is 0 Å². The number of benzene rings is 1. The zero-order valence-electron chi connectivity index (χ0n) is 15.2. The molecule has 0 radical (unpaired) electrons. The first-order valence-corrected chi connectivity index (χ1v) is 8.66. The molecule has 0 aliphatic rings. The minimum absolute atomic E-state index is 0.579. The van der Waals surface area contributed by atoms with Crippen molar-refractivity contribution in [1.82, 2.24) is 25.8 Å². The second kappa shape index (κ2) is 10.5. The van der Waals surface area contributed by atoms with Crippen molar-refractivity contribution in [3.63, 3.8) is 0 Å². The van der Waals surface area contributed by atoms with Gasteiger partial charge in [-0.1, -0.05) is 32.0 Å². The van der Waals surface area contributed by atoms with Gasteiger partial charge in [0.15, 0.2) is 11.8 Å². The van der Waals surface area contributed by atoms with Crippen molar-refractivity contribution in [1.29, 1.82) is 0 Å². The van der Waals surface area contributed by atoms with Crippen molar-refractivity contribution in [2.24, 2.45) is 10.9 Å². The van der Waals surface area contributed by atoms with Gasteiger partial charge in [-0.2, -0.15) is 5.10 Å². The standard InChI is InChI=1S/C18H28N6O/c1-14(2)12-25-9-5-8-20-18(19-3)21-11-15-6-4-7-16(10-15)17-22-13-23-24-17/h4,6-7,10,13-14H,5,8-9,11-12H2,1-3H3,(H2,19,20,21)(H,22,23,24). The lowest BCUT2D eigenvalue weighted by atomic mass is 10.1. The number of aliphatic imine (C=N–C) groups is 1. The van der Waals surface area contributed by atoms with Crippen LogP contribution in [0.15, 0.2) is 35.6 Å². The Morgan fingerprint density at radius 1 is 1.32 bits per heavy atom. The maximum absolute atomic E-state index is 5.57. The second-order valence-corrected chi connectivity index (χ2v) is 6.21. The van der Waals surface area contributed by atoms with Gasteiger partial charge in [0.1, 0.15) is 6.33 Å². The first-order chi connectivity index (χ1) is 12.2. The van der Waals surface area contributed by atoms with Crippen molar-refractivity contribution < 1.29 is 4.74 Å². The van der Waals surface area contributed by atoms with Crippen LogP contribution < -0.4 is 10.6 Å². The molecule has 0 saturated carbocycles. The van der Waals surface area contributed by atoms with Crippen molar-refractivity contribution in [3.05, 3.63) is 36.2 Å². The maximum atomic E-state index is 5.57. The van der Waals surface area contributed by atoms with Gasteiger partial charge in [-0.15, -0.1) is 0 Å². The first kappa shape index (κ1) is 18.9. The van der Waals surface area contributed by atoms with Crippen LogP contribution in [0.5, 0.6) is 0 Å². The SMILES string of the molecule is CN=C(NCCCOCC(C)C)NCc1cccc(-c2ncn[nH]2)c1. The van der Waals surface area contributed by atoms with E-state index in [1.807, 2.05) is 12.1 Å². The van der Waals surface area contributed by atoms with Crippen molar-refractivity contribution >= 4 is 5.96 Å². The van der Waals surface area contributed by atoms with Crippen LogP contribution in [0.4, 0.5) is 0 Å². The topological polar surface area (TPSA) is 87.2 Å². The number of rotatable bonds is 9. The van der Waals surface area contributed by atoms with Crippen molar-refractivity contribution in [2.45, 2.75) is 26.8 Å². The Morgan fingerprint density at radius 2 is 2.20 bits per heavy atom. The lowest BCUT2D eigenvalue weighted by Crippen LogP contribution is -2.37. The van der Waals surface area contributed by atoms with Gasteiger partial charge in [0, 0.05) is 38.9 Å². The van der Waals surface area contributed by atoms with Crippen LogP contribution in [0.25, 0.3) is 11.4 Å². The highest BCUT2D eigenvalue weighted by molar-refractivity contribution is 5.79. The van der Waals surface area contributed by atoms with E-state index in [1.54, 1.807) is 7.05 Å². The van der Waals surface area contributed by atoms with Crippen LogP contribution >= 0.6 is 0 Å². The van der Waals surface area contributed by atoms with E-state index in [1.165, 1.54) is 6.33 Å². The van der Waals surface area contributed by atoms with Crippen LogP contribution in [-0.2, 0) is 11.3 Å². The Labute approximate surface area is 149 Å². The number of hydrogen-bond acceptors (Lipinski definition) is 4. The number of aromatic nitrogens is 3. The Hall–Kier alpha value is -2.41. The Bertz CT molecular complexity index is 639. The van der Waals surface area contributed by atoms with Crippen LogP contribution in [-0.4, -0.2) is 47.9 Å². The fourth-order valence-electron chi connectivity index (χ4n) is 2.28. The average Bonchev–Trinajstić information content (AvgIpc) is 3.15. The lowest BCUT2D eigenvalue weighted by molar-refractivity contribution is 0.108. The predicted molar refractivity (Wildman–Crippen MR) is 100 cm³/mol. The van der Waals surface area contributed by atoms with E-state index in [0.717, 1.165) is 49.1 Å². The Morgan fingerprint density at radius 3 is 2.92 bits per heavy atom. The summed E-state index contributed by atoms with van der Waals surface area (Å²) in [5, 5.41) is 13.4. The van der Waals surface area contributed by atoms with Gasteiger partial charge in [-0.05, 0) is 24.0 Å². The highest BCUT2D eigenvalue weighted by atomic mass is 16.5. The fraction of sp³-hybridized carbons (Fsp3) is 0.500. The van der Waals surface area contributed by atoms with Gasteiger partial charge in [-0.3, -0.25) is 10.1 Å². The minimum atomic E-state index is 0.579. The van der Waals surface area contributed by atoms with E-state index in [-0.39, 0.29) is 0 Å². The minimum Gasteiger partial charge on any atom is -0.381 e. The third kappa shape index (κ3) is 6.93. The number of hydrogen-bond donors (Lipinski definition) is 3. The van der Waals surface area contributed by atoms with Gasteiger partial charge in [0.25, 0.3) is 0 Å². The zero-order chi connectivity index (χ0) is 17.9. The molecule has 1 aromatic heterocycles. The van der Waals surface area contributed by atoms with Crippen LogP contribution in [0.3, 0.4) is 0 Å². The summed E-state index contributed by atoms with van der Waals surface area (Å²) in [5.41, 5.74) is 2.17. The molecule has 0 spiro atoms. The third-order valence-electron chi connectivity index (χ3n) is 3.51. The molecular formula is C18H28N6O. The first-order valence-electron chi connectivity index (χ1n) is 8.66. The molecule has 1 aromatic carbocycles. The molecule has 25 heavy (non-hydrogen) atoms. The molecule has 0 unspecified atom stereocenters. The molecule has 1 heterocycles. The third-order valence-corrected chi connectivity index (χ3v) is 3.51. The molecular weight excluding hydrogens is 316 g/mol. The maximum Gasteiger partial charge on any atom is 0.191 e. The number of guanidine groups is 1. The molecule has 136 valence electrons. The molecule has 0 amide bonds. The molecule has 0 saturated heterocycles. The highest BCUT2D eigenvalue weighted by Gasteiger charge is 2.03. The smallest absolute Gasteiger partial charge is 0.191 e. The van der Waals surface area contributed by atoms with Crippen LogP contribution in [0.2, 0.25) is 0 Å². The van der Waals surface area contributed by atoms with Gasteiger partial charge >= 0.3 is 0 Å². The van der Waals surface area contributed by atoms with E-state index in [4.69, 9.17) is 4.74 Å². The normalized spacial score (nSPS) is 11.8. The van der Waals surface area contributed by atoms with E-state index in [2.05, 4.69) is 56.8 Å². The second-order valence-electron chi connectivity index (χ2n) is 6.21. The molecule has 0 fully saturated rings. The molecule has 7 nitrogen and oxygen atoms in total. The fourth-order valence-corrected chi connectivity index (χ4v) is 2.28. The van der Waals surface area contributed by atoms with Gasteiger partial charge in [-0.25, -0.2) is 4.98 Å². The number of nitrogens with one attached hydrogen (secondary N) is 3. The monoisotopic (exact) mass is 344 g/mol. The van der Waals surface area contributed by atoms with E-state index < -0.39 is 0 Å². The van der Waals surface area contributed by atoms with E-state index in [9.17, 15) is 0 Å². The number of ether oxygens (including phenoxy) is 1. The van der Waals surface area contributed by atoms with E-state index in [0.29, 0.717) is 12.5 Å². The largest absolute Gasteiger partial charge is 0.381 e. The number of H-pyrrole nitrogens is 1. The average molecular weight is 344 g/mol. The summed E-state index contributed by atoms with van der Waals surface area (Å²) in [4.78, 5) is 8.43. The van der Waals surface area contributed by atoms with Crippen molar-refractivity contribution in [3.8, 4) is 11.4 Å². The number of nitrogens with zero attached hydrogens (tertiary/aromatic N) is 3. The summed E-state index contributed by atoms with van der Waals surface area (Å²) in [5.74, 6) is 2.13. The summed E-state index contributed by atoms with van der Waals surface area (Å²) in [7, 11) is 1.77. The molecule has 0 aliphatic carbocycles. The highest BCUT2D eigenvalue weighted by Crippen LogP contribution is 2.15. The molecule has 3 N–H and O–H groups in total. The molecule has 2 rings (SSSR count). The summed E-state index contributed by atoms with van der Waals surface area (Å²) in [6.45, 7) is 7.40. The predicted octanol–water partition coefficient (Wildman–Crippen LogP) is 2.20. The summed E-state index contributed by atoms with van der Waals surface area (Å²) >= 11 is 0. The summed E-state index contributed by atoms with van der Waals surface area (Å²) < 4.78 is 5.57. The van der Waals surface area contributed by atoms with Crippen LogP contribution in [0, 0.1) is 5.92 Å². The molecule has 7 heteroatoms.